The van der Waals surface area contributed by atoms with Crippen LogP contribution in [0.2, 0.25) is 0 Å². The molecule has 0 saturated heterocycles. The fourth-order valence-corrected chi connectivity index (χ4v) is 0.297. The number of carbonyl (C=O) groups is 1. The average Bonchev–Trinajstić information content (AvgIpc) is 1.67. The van der Waals surface area contributed by atoms with Gasteiger partial charge in [0.15, 0.2) is 3.23 Å². The number of carboxylic acid groups (broad SMARTS) is 1. The van der Waals surface area contributed by atoms with Gasteiger partial charge in [0.1, 0.15) is 0 Å². The summed E-state index contributed by atoms with van der Waals surface area (Å²) in [4.78, 5) is 10.1. The first kappa shape index (κ1) is 8.91. The van der Waals surface area contributed by atoms with Gasteiger partial charge >= 0.3 is 5.97 Å². The Morgan fingerprint density at radius 2 is 2.00 bits per heavy atom. The topological polar surface area (TPSA) is 37.3 Å². The third kappa shape index (κ3) is 2.46. The summed E-state index contributed by atoms with van der Waals surface area (Å²) in [6, 6.07) is 0. The summed E-state index contributed by atoms with van der Waals surface area (Å²) in [5, 5.41) is 8.65. The number of rotatable bonds is 2. The molecule has 0 aliphatic heterocycles. The molecule has 0 aliphatic carbocycles. The minimum atomic E-state index is -1.00. The van der Waals surface area contributed by atoms with Crippen LogP contribution in [-0.4, -0.2) is 19.6 Å². The molecule has 0 unspecified atom stereocenters. The van der Waals surface area contributed by atoms with Gasteiger partial charge in [-0.3, -0.25) is 0 Å². The van der Waals surface area contributed by atoms with E-state index in [0.29, 0.717) is 5.33 Å². The van der Waals surface area contributed by atoms with Crippen LogP contribution in [0.1, 0.15) is 0 Å². The van der Waals surface area contributed by atoms with Crippen molar-refractivity contribution >= 4 is 53.8 Å². The van der Waals surface area contributed by atoms with Crippen LogP contribution >= 0.6 is 47.8 Å². The molecule has 8 heavy (non-hydrogen) atoms. The molecule has 0 heterocycles. The second kappa shape index (κ2) is 3.17. The molecule has 0 aromatic rings. The van der Waals surface area contributed by atoms with Gasteiger partial charge < -0.3 is 5.11 Å². The highest BCUT2D eigenvalue weighted by Crippen LogP contribution is 2.28. The van der Waals surface area contributed by atoms with Gasteiger partial charge in [0.25, 0.3) is 0 Å². The van der Waals surface area contributed by atoms with Crippen LogP contribution in [0.4, 0.5) is 0 Å². The van der Waals surface area contributed by atoms with Crippen molar-refractivity contribution < 1.29 is 9.90 Å². The molecule has 48 valence electrons. The Morgan fingerprint density at radius 1 is 1.62 bits per heavy atom. The van der Waals surface area contributed by atoms with Gasteiger partial charge in [-0.2, -0.15) is 0 Å². The van der Waals surface area contributed by atoms with Gasteiger partial charge in [-0.05, 0) is 0 Å². The lowest BCUT2D eigenvalue weighted by atomic mass is 10.5. The number of alkyl halides is 3. The summed E-state index contributed by atoms with van der Waals surface area (Å²) < 4.78 is -1.00. The number of aliphatic carboxylic acids is 1. The number of hydrogen-bond acceptors (Lipinski definition) is 1. The van der Waals surface area contributed by atoms with E-state index >= 15 is 0 Å². The van der Waals surface area contributed by atoms with E-state index in [1.54, 1.807) is 0 Å². The summed E-state index contributed by atoms with van der Waals surface area (Å²) in [5.74, 6) is -0.936. The Labute approximate surface area is 72.0 Å². The van der Waals surface area contributed by atoms with Crippen molar-refractivity contribution in [3.63, 3.8) is 0 Å². The second-order valence-corrected chi connectivity index (χ2v) is 5.48. The van der Waals surface area contributed by atoms with Gasteiger partial charge in [-0.15, -0.1) is 0 Å². The van der Waals surface area contributed by atoms with Crippen LogP contribution in [0.3, 0.4) is 0 Å². The Bertz CT molecular complexity index is 101. The van der Waals surface area contributed by atoms with Crippen molar-refractivity contribution in [1.82, 2.24) is 0 Å². The summed E-state index contributed by atoms with van der Waals surface area (Å²) in [5.41, 5.74) is 0. The summed E-state index contributed by atoms with van der Waals surface area (Å²) in [6.07, 6.45) is 0. The first-order valence-electron chi connectivity index (χ1n) is 1.68. The van der Waals surface area contributed by atoms with Gasteiger partial charge in [-0.25, -0.2) is 4.79 Å². The molecule has 0 aromatic carbocycles. The number of carboxylic acids is 1. The zero-order chi connectivity index (χ0) is 6.78. The molecule has 0 aromatic heterocycles. The highest BCUT2D eigenvalue weighted by molar-refractivity contribution is 9.26. The SMILES string of the molecule is O=C(O)C(Br)(Br)CBr. The van der Waals surface area contributed by atoms with E-state index in [2.05, 4.69) is 47.8 Å². The van der Waals surface area contributed by atoms with Crippen molar-refractivity contribution in [2.75, 3.05) is 5.33 Å². The molecule has 5 heteroatoms. The number of halogens is 3. The van der Waals surface area contributed by atoms with Crippen LogP contribution in [0, 0.1) is 0 Å². The van der Waals surface area contributed by atoms with Crippen molar-refractivity contribution in [2.45, 2.75) is 3.23 Å². The van der Waals surface area contributed by atoms with Crippen molar-refractivity contribution in [3.8, 4) is 0 Å². The van der Waals surface area contributed by atoms with E-state index < -0.39 is 9.20 Å². The fraction of sp³-hybridized carbons (Fsp3) is 0.667. The van der Waals surface area contributed by atoms with Crippen LogP contribution < -0.4 is 0 Å². The van der Waals surface area contributed by atoms with Crippen LogP contribution in [-0.2, 0) is 4.79 Å². The molecule has 0 amide bonds. The predicted molar refractivity (Wildman–Crippen MR) is 42.0 cm³/mol. The minimum Gasteiger partial charge on any atom is -0.480 e. The monoisotopic (exact) mass is 308 g/mol. The molecule has 0 spiro atoms. The Kier molecular flexibility index (Phi) is 3.53. The quantitative estimate of drug-likeness (QED) is 0.792. The Morgan fingerprint density at radius 3 is 2.00 bits per heavy atom. The highest BCUT2D eigenvalue weighted by Gasteiger charge is 2.30. The number of hydrogen-bond donors (Lipinski definition) is 1. The van der Waals surface area contributed by atoms with Crippen molar-refractivity contribution in [3.05, 3.63) is 0 Å². The van der Waals surface area contributed by atoms with Gasteiger partial charge in [0.2, 0.25) is 0 Å². The lowest BCUT2D eigenvalue weighted by molar-refractivity contribution is -0.136. The standard InChI is InChI=1S/C3H3Br3O2/c4-1-3(5,6)2(7)8/h1H2,(H,7,8). The third-order valence-corrected chi connectivity index (χ3v) is 4.07. The molecule has 0 radical (unpaired) electrons. The van der Waals surface area contributed by atoms with E-state index in [-0.39, 0.29) is 0 Å². The Balaban J connectivity index is 3.91. The maximum atomic E-state index is 10.1. The summed E-state index contributed by atoms with van der Waals surface area (Å²) in [6.45, 7) is 0. The maximum absolute atomic E-state index is 10.1. The van der Waals surface area contributed by atoms with E-state index in [4.69, 9.17) is 5.11 Å². The molecule has 0 aliphatic rings. The van der Waals surface area contributed by atoms with Crippen molar-refractivity contribution in [2.24, 2.45) is 0 Å². The van der Waals surface area contributed by atoms with Crippen LogP contribution in [0.25, 0.3) is 0 Å². The van der Waals surface area contributed by atoms with Gasteiger partial charge in [0.05, 0.1) is 0 Å². The molecule has 0 saturated carbocycles. The minimum absolute atomic E-state index is 0.329. The highest BCUT2D eigenvalue weighted by atomic mass is 79.9. The molecule has 0 rings (SSSR count). The molecule has 0 atom stereocenters. The molecule has 0 fully saturated rings. The summed E-state index contributed by atoms with van der Waals surface area (Å²) >= 11 is 8.83. The van der Waals surface area contributed by atoms with E-state index in [1.165, 1.54) is 0 Å². The first-order chi connectivity index (χ1) is 3.50. The molecule has 2 nitrogen and oxygen atoms in total. The smallest absolute Gasteiger partial charge is 0.332 e. The zero-order valence-corrected chi connectivity index (χ0v) is 8.45. The van der Waals surface area contributed by atoms with Crippen LogP contribution in [0.15, 0.2) is 0 Å². The van der Waals surface area contributed by atoms with E-state index in [9.17, 15) is 4.79 Å². The maximum Gasteiger partial charge on any atom is 0.332 e. The normalized spacial score (nSPS) is 11.4. The fourth-order valence-electron chi connectivity index (χ4n) is 0.0572. The lowest BCUT2D eigenvalue weighted by Crippen LogP contribution is -2.25. The molecule has 1 N–H and O–H groups in total. The second-order valence-electron chi connectivity index (χ2n) is 1.14. The summed E-state index contributed by atoms with van der Waals surface area (Å²) in [7, 11) is 0. The Hall–Kier alpha value is 0.910. The van der Waals surface area contributed by atoms with Crippen molar-refractivity contribution in [1.29, 1.82) is 0 Å². The average molecular weight is 311 g/mol. The molecular formula is C3H3Br3O2. The lowest BCUT2D eigenvalue weighted by Gasteiger charge is -2.08. The van der Waals surface area contributed by atoms with Gasteiger partial charge in [-0.1, -0.05) is 47.8 Å². The zero-order valence-electron chi connectivity index (χ0n) is 3.70. The van der Waals surface area contributed by atoms with E-state index in [1.807, 2.05) is 0 Å². The largest absolute Gasteiger partial charge is 0.480 e. The van der Waals surface area contributed by atoms with E-state index in [0.717, 1.165) is 0 Å². The van der Waals surface area contributed by atoms with Crippen LogP contribution in [0.5, 0.6) is 0 Å². The predicted octanol–water partition coefficient (Wildman–Crippen LogP) is 1.95. The third-order valence-electron chi connectivity index (χ3n) is 0.481. The first-order valence-corrected chi connectivity index (χ1v) is 4.38. The molecular weight excluding hydrogens is 308 g/mol. The molecule has 0 bridgehead atoms. The van der Waals surface area contributed by atoms with Gasteiger partial charge in [0, 0.05) is 5.33 Å².